The fourth-order valence-corrected chi connectivity index (χ4v) is 3.16. The first-order valence-corrected chi connectivity index (χ1v) is 7.66. The van der Waals surface area contributed by atoms with Crippen molar-refractivity contribution < 1.29 is 4.79 Å². The van der Waals surface area contributed by atoms with Crippen LogP contribution in [0.2, 0.25) is 5.02 Å². The van der Waals surface area contributed by atoms with Crippen LogP contribution in [-0.4, -0.2) is 35.8 Å². The molecule has 0 unspecified atom stereocenters. The Morgan fingerprint density at radius 2 is 2.21 bits per heavy atom. The molecule has 100 valence electrons. The molecule has 1 aromatic carbocycles. The van der Waals surface area contributed by atoms with E-state index in [2.05, 4.69) is 10.2 Å². The Morgan fingerprint density at radius 1 is 1.42 bits per heavy atom. The maximum absolute atomic E-state index is 12.0. The third-order valence-corrected chi connectivity index (χ3v) is 4.71. The van der Waals surface area contributed by atoms with Gasteiger partial charge in [-0.1, -0.05) is 46.8 Å². The molecule has 0 fully saturated rings. The molecular weight excluding hydrogens is 302 g/mol. The molecule has 0 amide bonds. The molecule has 0 atom stereocenters. The molecule has 0 saturated carbocycles. The van der Waals surface area contributed by atoms with Crippen molar-refractivity contribution in [1.82, 2.24) is 10.2 Å². The molecule has 4 nitrogen and oxygen atoms in total. The second-order valence-corrected chi connectivity index (χ2v) is 6.58. The number of ketones is 1. The number of rotatable bonds is 5. The second-order valence-electron chi connectivity index (χ2n) is 3.97. The molecule has 0 saturated heterocycles. The number of carbonyl (C=O) groups is 1. The van der Waals surface area contributed by atoms with E-state index in [1.54, 1.807) is 24.3 Å². The summed E-state index contributed by atoms with van der Waals surface area (Å²) in [4.78, 5) is 13.9. The zero-order valence-corrected chi connectivity index (χ0v) is 12.8. The second kappa shape index (κ2) is 6.36. The Balaban J connectivity index is 1.96. The molecule has 0 spiro atoms. The van der Waals surface area contributed by atoms with Crippen LogP contribution in [0.25, 0.3) is 0 Å². The minimum atomic E-state index is 0.0362. The number of thioether (sulfide) groups is 1. The molecule has 0 aliphatic heterocycles. The van der Waals surface area contributed by atoms with Gasteiger partial charge in [0.2, 0.25) is 5.13 Å². The summed E-state index contributed by atoms with van der Waals surface area (Å²) in [5.74, 6) is 0.372. The van der Waals surface area contributed by atoms with Crippen molar-refractivity contribution >= 4 is 45.6 Å². The number of benzene rings is 1. The summed E-state index contributed by atoms with van der Waals surface area (Å²) in [7, 11) is 3.82. The van der Waals surface area contributed by atoms with Gasteiger partial charge < -0.3 is 4.90 Å². The topological polar surface area (TPSA) is 46.1 Å². The van der Waals surface area contributed by atoms with E-state index in [-0.39, 0.29) is 5.78 Å². The third-order valence-electron chi connectivity index (χ3n) is 2.25. The molecular formula is C12H12ClN3OS2. The van der Waals surface area contributed by atoms with Crippen molar-refractivity contribution in [1.29, 1.82) is 0 Å². The fourth-order valence-electron chi connectivity index (χ4n) is 1.31. The van der Waals surface area contributed by atoms with Crippen molar-refractivity contribution in [3.63, 3.8) is 0 Å². The summed E-state index contributed by atoms with van der Waals surface area (Å²) in [5.41, 5.74) is 0.623. The summed E-state index contributed by atoms with van der Waals surface area (Å²) in [5, 5.41) is 9.46. The maximum Gasteiger partial charge on any atom is 0.208 e. The van der Waals surface area contributed by atoms with E-state index >= 15 is 0 Å². The third kappa shape index (κ3) is 3.92. The van der Waals surface area contributed by atoms with Crippen LogP contribution in [0.5, 0.6) is 0 Å². The first-order valence-electron chi connectivity index (χ1n) is 5.48. The highest BCUT2D eigenvalue weighted by Gasteiger charge is 2.11. The lowest BCUT2D eigenvalue weighted by molar-refractivity contribution is 0.102. The van der Waals surface area contributed by atoms with E-state index in [9.17, 15) is 4.79 Å². The van der Waals surface area contributed by atoms with E-state index in [0.717, 1.165) is 9.47 Å². The Labute approximate surface area is 124 Å². The molecule has 7 heteroatoms. The molecule has 1 heterocycles. The van der Waals surface area contributed by atoms with Crippen molar-refractivity contribution in [3.05, 3.63) is 34.9 Å². The van der Waals surface area contributed by atoms with Crippen molar-refractivity contribution in [3.8, 4) is 0 Å². The molecule has 0 aliphatic carbocycles. The van der Waals surface area contributed by atoms with Crippen LogP contribution >= 0.6 is 34.7 Å². The fraction of sp³-hybridized carbons (Fsp3) is 0.250. The molecule has 1 aromatic heterocycles. The lowest BCUT2D eigenvalue weighted by Gasteiger charge is -2.03. The minimum absolute atomic E-state index is 0.0362. The Bertz CT molecular complexity index is 586. The van der Waals surface area contributed by atoms with E-state index in [1.165, 1.54) is 23.1 Å². The number of carbonyl (C=O) groups excluding carboxylic acids is 1. The van der Waals surface area contributed by atoms with Crippen LogP contribution in [0.15, 0.2) is 28.6 Å². The number of hydrogen-bond acceptors (Lipinski definition) is 6. The van der Waals surface area contributed by atoms with E-state index < -0.39 is 0 Å². The van der Waals surface area contributed by atoms with Gasteiger partial charge in [0.1, 0.15) is 0 Å². The van der Waals surface area contributed by atoms with Gasteiger partial charge in [-0.05, 0) is 12.1 Å². The van der Waals surface area contributed by atoms with Crippen molar-refractivity contribution in [2.75, 3.05) is 24.7 Å². The van der Waals surface area contributed by atoms with Gasteiger partial charge in [-0.15, -0.1) is 10.2 Å². The van der Waals surface area contributed by atoms with Gasteiger partial charge in [-0.3, -0.25) is 4.79 Å². The largest absolute Gasteiger partial charge is 0.353 e. The first-order chi connectivity index (χ1) is 9.06. The smallest absolute Gasteiger partial charge is 0.208 e. The predicted octanol–water partition coefficient (Wildman–Crippen LogP) is 3.23. The summed E-state index contributed by atoms with van der Waals surface area (Å²) in [6.45, 7) is 0. The van der Waals surface area contributed by atoms with E-state index in [4.69, 9.17) is 11.6 Å². The maximum atomic E-state index is 12.0. The number of anilines is 1. The normalized spacial score (nSPS) is 10.5. The number of hydrogen-bond donors (Lipinski definition) is 0. The van der Waals surface area contributed by atoms with Crippen LogP contribution in [0.3, 0.4) is 0 Å². The zero-order chi connectivity index (χ0) is 13.8. The average molecular weight is 314 g/mol. The molecule has 0 radical (unpaired) electrons. The number of aromatic nitrogens is 2. The summed E-state index contributed by atoms with van der Waals surface area (Å²) < 4.78 is 0.791. The summed E-state index contributed by atoms with van der Waals surface area (Å²) >= 11 is 8.72. The predicted molar refractivity (Wildman–Crippen MR) is 80.7 cm³/mol. The van der Waals surface area contributed by atoms with Gasteiger partial charge in [0.15, 0.2) is 10.1 Å². The monoisotopic (exact) mass is 313 g/mol. The number of halogens is 1. The Hall–Kier alpha value is -1.11. The highest BCUT2D eigenvalue weighted by molar-refractivity contribution is 8.01. The Kier molecular flexibility index (Phi) is 4.79. The Morgan fingerprint density at radius 3 is 2.84 bits per heavy atom. The van der Waals surface area contributed by atoms with Crippen molar-refractivity contribution in [2.24, 2.45) is 0 Å². The van der Waals surface area contributed by atoms with Gasteiger partial charge in [-0.25, -0.2) is 0 Å². The van der Waals surface area contributed by atoms with Crippen LogP contribution in [0, 0.1) is 0 Å². The molecule has 0 N–H and O–H groups in total. The molecule has 2 rings (SSSR count). The minimum Gasteiger partial charge on any atom is -0.353 e. The van der Waals surface area contributed by atoms with E-state index in [1.807, 2.05) is 19.0 Å². The molecule has 2 aromatic rings. The highest BCUT2D eigenvalue weighted by Crippen LogP contribution is 2.27. The molecule has 0 aliphatic rings. The van der Waals surface area contributed by atoms with Crippen molar-refractivity contribution in [2.45, 2.75) is 4.34 Å². The quantitative estimate of drug-likeness (QED) is 0.626. The number of nitrogens with zero attached hydrogens (tertiary/aromatic N) is 3. The van der Waals surface area contributed by atoms with Crippen LogP contribution in [-0.2, 0) is 0 Å². The highest BCUT2D eigenvalue weighted by atomic mass is 35.5. The molecule has 19 heavy (non-hydrogen) atoms. The SMILES string of the molecule is CN(C)c1nnc(SCC(=O)c2cccc(Cl)c2)s1. The van der Waals surface area contributed by atoms with Gasteiger partial charge in [0, 0.05) is 24.7 Å². The van der Waals surface area contributed by atoms with Gasteiger partial charge in [0.25, 0.3) is 0 Å². The lowest BCUT2D eigenvalue weighted by atomic mass is 10.1. The number of Topliss-reactive ketones (excluding diaryl/α,β-unsaturated/α-hetero) is 1. The standard InChI is InChI=1S/C12H12ClN3OS2/c1-16(2)11-14-15-12(19-11)18-7-10(17)8-4-3-5-9(13)6-8/h3-6H,7H2,1-2H3. The van der Waals surface area contributed by atoms with Gasteiger partial charge >= 0.3 is 0 Å². The first kappa shape index (κ1) is 14.3. The summed E-state index contributed by atoms with van der Waals surface area (Å²) in [6.07, 6.45) is 0. The average Bonchev–Trinajstić information content (AvgIpc) is 2.85. The van der Waals surface area contributed by atoms with Crippen LogP contribution < -0.4 is 4.90 Å². The van der Waals surface area contributed by atoms with E-state index in [0.29, 0.717) is 16.3 Å². The zero-order valence-electron chi connectivity index (χ0n) is 10.5. The van der Waals surface area contributed by atoms with Crippen LogP contribution in [0.1, 0.15) is 10.4 Å². The summed E-state index contributed by atoms with van der Waals surface area (Å²) in [6, 6.07) is 6.96. The van der Waals surface area contributed by atoms with Gasteiger partial charge in [-0.2, -0.15) is 0 Å². The lowest BCUT2D eigenvalue weighted by Crippen LogP contribution is -2.07. The van der Waals surface area contributed by atoms with Crippen LogP contribution in [0.4, 0.5) is 5.13 Å². The van der Waals surface area contributed by atoms with Gasteiger partial charge in [0.05, 0.1) is 5.75 Å². The molecule has 0 bridgehead atoms.